The summed E-state index contributed by atoms with van der Waals surface area (Å²) in [6.07, 6.45) is 0.108. The van der Waals surface area contributed by atoms with Crippen LogP contribution >= 0.6 is 22.9 Å². The Kier molecular flexibility index (Phi) is 5.37. The molecule has 1 unspecified atom stereocenters. The molecule has 0 saturated carbocycles. The third-order valence-corrected chi connectivity index (χ3v) is 2.78. The predicted octanol–water partition coefficient (Wildman–Crippen LogP) is 1.81. The molecule has 7 heteroatoms. The van der Waals surface area contributed by atoms with Crippen molar-refractivity contribution in [1.82, 2.24) is 4.98 Å². The minimum absolute atomic E-state index is 0.108. The number of esters is 1. The molecule has 0 aliphatic heterocycles. The van der Waals surface area contributed by atoms with E-state index >= 15 is 0 Å². The van der Waals surface area contributed by atoms with Crippen LogP contribution in [0.3, 0.4) is 0 Å². The standard InChI is InChI=1S/C10H13ClN2O3S/c1-3-16-8(14)4-7-5-17-10(12-7)13-9(15)6(2)11/h5-6H,3-4H2,1-2H3,(H,12,13,15). The number of nitrogens with zero attached hydrogens (tertiary/aromatic N) is 1. The number of ether oxygens (including phenoxy) is 1. The molecule has 0 fully saturated rings. The SMILES string of the molecule is CCOC(=O)Cc1csc(NC(=O)C(C)Cl)n1. The van der Waals surface area contributed by atoms with Crippen LogP contribution < -0.4 is 5.32 Å². The summed E-state index contributed by atoms with van der Waals surface area (Å²) < 4.78 is 4.79. The van der Waals surface area contributed by atoms with E-state index in [1.54, 1.807) is 19.2 Å². The van der Waals surface area contributed by atoms with Gasteiger partial charge in [0, 0.05) is 5.38 Å². The monoisotopic (exact) mass is 276 g/mol. The van der Waals surface area contributed by atoms with Gasteiger partial charge in [0.05, 0.1) is 18.7 Å². The minimum atomic E-state index is -0.618. The van der Waals surface area contributed by atoms with Gasteiger partial charge in [0.2, 0.25) is 5.91 Å². The first-order valence-corrected chi connectivity index (χ1v) is 6.39. The Hall–Kier alpha value is -1.14. The summed E-state index contributed by atoms with van der Waals surface area (Å²) in [7, 11) is 0. The van der Waals surface area contributed by atoms with Crippen LogP contribution in [0.2, 0.25) is 0 Å². The molecule has 1 amide bonds. The smallest absolute Gasteiger partial charge is 0.311 e. The highest BCUT2D eigenvalue weighted by molar-refractivity contribution is 7.14. The number of carbonyl (C=O) groups is 2. The van der Waals surface area contributed by atoms with Gasteiger partial charge in [-0.15, -0.1) is 22.9 Å². The number of amides is 1. The maximum Gasteiger partial charge on any atom is 0.311 e. The third kappa shape index (κ3) is 4.70. The molecule has 0 radical (unpaired) electrons. The van der Waals surface area contributed by atoms with Crippen LogP contribution in [0.15, 0.2) is 5.38 Å². The molecule has 1 aromatic heterocycles. The lowest BCUT2D eigenvalue weighted by molar-refractivity contribution is -0.142. The zero-order chi connectivity index (χ0) is 12.8. The predicted molar refractivity (Wildman–Crippen MR) is 66.4 cm³/mol. The highest BCUT2D eigenvalue weighted by Gasteiger charge is 2.13. The molecular formula is C10H13ClN2O3S. The zero-order valence-corrected chi connectivity index (χ0v) is 11.1. The van der Waals surface area contributed by atoms with Gasteiger partial charge in [0.1, 0.15) is 5.38 Å². The number of hydrogen-bond donors (Lipinski definition) is 1. The van der Waals surface area contributed by atoms with Crippen LogP contribution in [0.25, 0.3) is 0 Å². The van der Waals surface area contributed by atoms with E-state index in [1.807, 2.05) is 0 Å². The number of carbonyl (C=O) groups excluding carboxylic acids is 2. The van der Waals surface area contributed by atoms with Crippen molar-refractivity contribution < 1.29 is 14.3 Å². The number of aromatic nitrogens is 1. The van der Waals surface area contributed by atoms with Crippen molar-refractivity contribution in [3.05, 3.63) is 11.1 Å². The molecule has 1 N–H and O–H groups in total. The fourth-order valence-corrected chi connectivity index (χ4v) is 1.78. The van der Waals surface area contributed by atoms with Crippen LogP contribution in [0.1, 0.15) is 19.5 Å². The fourth-order valence-electron chi connectivity index (χ4n) is 1.01. The van der Waals surface area contributed by atoms with Gasteiger partial charge in [-0.3, -0.25) is 9.59 Å². The highest BCUT2D eigenvalue weighted by Crippen LogP contribution is 2.16. The van der Waals surface area contributed by atoms with Gasteiger partial charge < -0.3 is 10.1 Å². The second-order valence-electron chi connectivity index (χ2n) is 3.23. The van der Waals surface area contributed by atoms with Crippen LogP contribution in [0.4, 0.5) is 5.13 Å². The number of alkyl halides is 1. The van der Waals surface area contributed by atoms with Crippen molar-refractivity contribution in [2.75, 3.05) is 11.9 Å². The van der Waals surface area contributed by atoms with Gasteiger partial charge in [-0.05, 0) is 13.8 Å². The first kappa shape index (κ1) is 13.9. The van der Waals surface area contributed by atoms with Crippen molar-refractivity contribution in [3.63, 3.8) is 0 Å². The van der Waals surface area contributed by atoms with Gasteiger partial charge in [0.25, 0.3) is 0 Å². The molecule has 5 nitrogen and oxygen atoms in total. The molecule has 0 aliphatic carbocycles. The number of nitrogens with one attached hydrogen (secondary N) is 1. The first-order chi connectivity index (χ1) is 8.02. The number of halogens is 1. The molecule has 0 saturated heterocycles. The Morgan fingerprint density at radius 1 is 1.65 bits per heavy atom. The van der Waals surface area contributed by atoms with Crippen molar-refractivity contribution in [2.24, 2.45) is 0 Å². The Morgan fingerprint density at radius 3 is 2.94 bits per heavy atom. The largest absolute Gasteiger partial charge is 0.466 e. The molecular weight excluding hydrogens is 264 g/mol. The number of anilines is 1. The van der Waals surface area contributed by atoms with E-state index in [-0.39, 0.29) is 18.3 Å². The highest BCUT2D eigenvalue weighted by atomic mass is 35.5. The van der Waals surface area contributed by atoms with Crippen molar-refractivity contribution >= 4 is 39.9 Å². The Balaban J connectivity index is 2.53. The van der Waals surface area contributed by atoms with E-state index in [1.165, 1.54) is 11.3 Å². The number of rotatable bonds is 5. The molecule has 1 heterocycles. The quantitative estimate of drug-likeness (QED) is 0.658. The van der Waals surface area contributed by atoms with Gasteiger partial charge in [0.15, 0.2) is 5.13 Å². The summed E-state index contributed by atoms with van der Waals surface area (Å²) in [6.45, 7) is 3.66. The maximum atomic E-state index is 11.3. The van der Waals surface area contributed by atoms with E-state index < -0.39 is 5.38 Å². The van der Waals surface area contributed by atoms with Gasteiger partial charge in [-0.2, -0.15) is 0 Å². The normalized spacial score (nSPS) is 11.9. The Bertz CT molecular complexity index is 406. The number of thiazole rings is 1. The lowest BCUT2D eigenvalue weighted by atomic mass is 10.3. The summed E-state index contributed by atoms with van der Waals surface area (Å²) in [6, 6.07) is 0. The molecule has 1 rings (SSSR count). The molecule has 0 aliphatic rings. The first-order valence-electron chi connectivity index (χ1n) is 5.08. The summed E-state index contributed by atoms with van der Waals surface area (Å²) in [4.78, 5) is 26.5. The summed E-state index contributed by atoms with van der Waals surface area (Å²) in [5.74, 6) is -0.648. The molecule has 1 atom stereocenters. The average Bonchev–Trinajstić information content (AvgIpc) is 2.65. The summed E-state index contributed by atoms with van der Waals surface area (Å²) in [5.41, 5.74) is 0.575. The lowest BCUT2D eigenvalue weighted by Crippen LogP contribution is -2.20. The molecule has 94 valence electrons. The topological polar surface area (TPSA) is 68.3 Å². The van der Waals surface area contributed by atoms with Crippen molar-refractivity contribution in [2.45, 2.75) is 25.6 Å². The van der Waals surface area contributed by atoms with Crippen molar-refractivity contribution in [3.8, 4) is 0 Å². The summed E-state index contributed by atoms with van der Waals surface area (Å²) >= 11 is 6.85. The Labute approximate surface area is 108 Å². The van der Waals surface area contributed by atoms with E-state index in [9.17, 15) is 9.59 Å². The molecule has 17 heavy (non-hydrogen) atoms. The third-order valence-electron chi connectivity index (χ3n) is 1.77. The van der Waals surface area contributed by atoms with Gasteiger partial charge in [-0.25, -0.2) is 4.98 Å². The number of hydrogen-bond acceptors (Lipinski definition) is 5. The van der Waals surface area contributed by atoms with E-state index in [0.29, 0.717) is 17.4 Å². The molecule has 0 spiro atoms. The second kappa shape index (κ2) is 6.56. The van der Waals surface area contributed by atoms with Crippen LogP contribution in [-0.4, -0.2) is 28.8 Å². The maximum absolute atomic E-state index is 11.3. The van der Waals surface area contributed by atoms with Crippen LogP contribution in [0, 0.1) is 0 Å². The fraction of sp³-hybridized carbons (Fsp3) is 0.500. The molecule has 1 aromatic rings. The van der Waals surface area contributed by atoms with E-state index in [4.69, 9.17) is 16.3 Å². The lowest BCUT2D eigenvalue weighted by Gasteiger charge is -2.01. The van der Waals surface area contributed by atoms with Gasteiger partial charge in [-0.1, -0.05) is 0 Å². The second-order valence-corrected chi connectivity index (χ2v) is 4.74. The van der Waals surface area contributed by atoms with E-state index in [0.717, 1.165) is 0 Å². The average molecular weight is 277 g/mol. The van der Waals surface area contributed by atoms with E-state index in [2.05, 4.69) is 10.3 Å². The van der Waals surface area contributed by atoms with Crippen LogP contribution in [0.5, 0.6) is 0 Å². The Morgan fingerprint density at radius 2 is 2.35 bits per heavy atom. The van der Waals surface area contributed by atoms with Crippen LogP contribution in [-0.2, 0) is 20.7 Å². The van der Waals surface area contributed by atoms with Crippen molar-refractivity contribution in [1.29, 1.82) is 0 Å². The summed E-state index contributed by atoms with van der Waals surface area (Å²) in [5, 5.41) is 4.07. The minimum Gasteiger partial charge on any atom is -0.466 e. The van der Waals surface area contributed by atoms with Gasteiger partial charge >= 0.3 is 5.97 Å². The molecule has 0 bridgehead atoms. The zero-order valence-electron chi connectivity index (χ0n) is 9.53. The molecule has 0 aromatic carbocycles.